The van der Waals surface area contributed by atoms with Crippen molar-refractivity contribution in [3.63, 3.8) is 0 Å². The van der Waals surface area contributed by atoms with Crippen molar-refractivity contribution in [3.05, 3.63) is 41.4 Å². The molecule has 1 heterocycles. The highest BCUT2D eigenvalue weighted by Gasteiger charge is 2.00. The molecule has 0 aliphatic carbocycles. The van der Waals surface area contributed by atoms with Crippen LogP contribution in [0.2, 0.25) is 5.28 Å². The number of nitrogens with one attached hydrogen (secondary N) is 1. The standard InChI is InChI=1S/C9H8ClN3O/c10-9-11-8(12-13-9)6-14-7-4-2-1-3-5-7/h1-5H,6H2,(H,11,12,13). The van der Waals surface area contributed by atoms with Crippen LogP contribution in [0.25, 0.3) is 0 Å². The van der Waals surface area contributed by atoms with Crippen LogP contribution >= 0.6 is 11.6 Å². The molecule has 2 rings (SSSR count). The average molecular weight is 210 g/mol. The zero-order chi connectivity index (χ0) is 9.80. The number of aromatic nitrogens is 3. The van der Waals surface area contributed by atoms with Crippen molar-refractivity contribution in [2.45, 2.75) is 6.61 Å². The van der Waals surface area contributed by atoms with Gasteiger partial charge in [-0.2, -0.15) is 4.98 Å². The first-order valence-electron chi connectivity index (χ1n) is 4.09. The van der Waals surface area contributed by atoms with Gasteiger partial charge in [0.2, 0.25) is 5.28 Å². The summed E-state index contributed by atoms with van der Waals surface area (Å²) in [5.74, 6) is 1.40. The molecule has 14 heavy (non-hydrogen) atoms. The molecule has 4 nitrogen and oxygen atoms in total. The van der Waals surface area contributed by atoms with Crippen LogP contribution in [0.3, 0.4) is 0 Å². The predicted octanol–water partition coefficient (Wildman–Crippen LogP) is 2.04. The van der Waals surface area contributed by atoms with Gasteiger partial charge < -0.3 is 4.74 Å². The Kier molecular flexibility index (Phi) is 2.65. The average Bonchev–Trinajstić information content (AvgIpc) is 2.63. The van der Waals surface area contributed by atoms with Crippen molar-refractivity contribution in [1.29, 1.82) is 0 Å². The quantitative estimate of drug-likeness (QED) is 0.842. The number of ether oxygens (including phenoxy) is 1. The molecule has 1 aromatic heterocycles. The van der Waals surface area contributed by atoms with E-state index in [4.69, 9.17) is 16.3 Å². The van der Waals surface area contributed by atoms with E-state index in [1.54, 1.807) is 0 Å². The Morgan fingerprint density at radius 3 is 2.71 bits per heavy atom. The highest BCUT2D eigenvalue weighted by atomic mass is 35.5. The van der Waals surface area contributed by atoms with Gasteiger partial charge in [-0.25, -0.2) is 0 Å². The van der Waals surface area contributed by atoms with Gasteiger partial charge >= 0.3 is 0 Å². The van der Waals surface area contributed by atoms with Gasteiger partial charge in [0.25, 0.3) is 0 Å². The van der Waals surface area contributed by atoms with E-state index in [9.17, 15) is 0 Å². The molecule has 2 aromatic rings. The second-order valence-electron chi connectivity index (χ2n) is 2.65. The Labute approximate surface area is 85.9 Å². The van der Waals surface area contributed by atoms with Crippen LogP contribution in [-0.4, -0.2) is 15.2 Å². The van der Waals surface area contributed by atoms with Crippen molar-refractivity contribution in [1.82, 2.24) is 15.2 Å². The Balaban J connectivity index is 1.95. The van der Waals surface area contributed by atoms with Crippen molar-refractivity contribution in [3.8, 4) is 5.75 Å². The summed E-state index contributed by atoms with van der Waals surface area (Å²) < 4.78 is 5.41. The van der Waals surface area contributed by atoms with Crippen LogP contribution < -0.4 is 4.74 Å². The fourth-order valence-corrected chi connectivity index (χ4v) is 1.15. The minimum Gasteiger partial charge on any atom is -0.486 e. The van der Waals surface area contributed by atoms with Crippen LogP contribution in [0.15, 0.2) is 30.3 Å². The summed E-state index contributed by atoms with van der Waals surface area (Å²) in [6.07, 6.45) is 0. The highest BCUT2D eigenvalue weighted by Crippen LogP contribution is 2.10. The van der Waals surface area contributed by atoms with Crippen LogP contribution in [0.5, 0.6) is 5.75 Å². The molecular formula is C9H8ClN3O. The Bertz CT molecular complexity index is 401. The maximum atomic E-state index is 5.53. The third kappa shape index (κ3) is 2.23. The molecule has 0 radical (unpaired) electrons. The summed E-state index contributed by atoms with van der Waals surface area (Å²) in [7, 11) is 0. The maximum absolute atomic E-state index is 5.53. The Morgan fingerprint density at radius 1 is 1.29 bits per heavy atom. The van der Waals surface area contributed by atoms with E-state index in [1.165, 1.54) is 0 Å². The van der Waals surface area contributed by atoms with Gasteiger partial charge in [-0.05, 0) is 23.7 Å². The van der Waals surface area contributed by atoms with Gasteiger partial charge in [-0.15, -0.1) is 5.10 Å². The number of benzene rings is 1. The van der Waals surface area contributed by atoms with Gasteiger partial charge in [-0.1, -0.05) is 18.2 Å². The number of halogens is 1. The molecular weight excluding hydrogens is 202 g/mol. The first-order valence-corrected chi connectivity index (χ1v) is 4.47. The topological polar surface area (TPSA) is 50.8 Å². The van der Waals surface area contributed by atoms with Crippen LogP contribution in [0.4, 0.5) is 0 Å². The molecule has 0 aliphatic heterocycles. The number of rotatable bonds is 3. The Hall–Kier alpha value is -1.55. The van der Waals surface area contributed by atoms with E-state index in [-0.39, 0.29) is 5.28 Å². The summed E-state index contributed by atoms with van der Waals surface area (Å²) in [5, 5.41) is 6.54. The molecule has 0 unspecified atom stereocenters. The lowest BCUT2D eigenvalue weighted by atomic mass is 10.3. The van der Waals surface area contributed by atoms with E-state index in [0.717, 1.165) is 5.75 Å². The molecule has 1 aromatic carbocycles. The van der Waals surface area contributed by atoms with Crippen molar-refractivity contribution >= 4 is 11.6 Å². The monoisotopic (exact) mass is 209 g/mol. The van der Waals surface area contributed by atoms with Gasteiger partial charge in [0.05, 0.1) is 0 Å². The minimum absolute atomic E-state index is 0.205. The molecule has 0 saturated heterocycles. The van der Waals surface area contributed by atoms with E-state index in [1.807, 2.05) is 30.3 Å². The SMILES string of the molecule is Clc1n[nH]c(COc2ccccc2)n1. The lowest BCUT2D eigenvalue weighted by molar-refractivity contribution is 0.296. The van der Waals surface area contributed by atoms with Crippen LogP contribution in [0, 0.1) is 0 Å². The summed E-state index contributed by atoms with van der Waals surface area (Å²) in [4.78, 5) is 3.90. The smallest absolute Gasteiger partial charge is 0.242 e. The molecule has 72 valence electrons. The zero-order valence-electron chi connectivity index (χ0n) is 7.27. The highest BCUT2D eigenvalue weighted by molar-refractivity contribution is 6.28. The summed E-state index contributed by atoms with van der Waals surface area (Å²) in [6.45, 7) is 0.337. The van der Waals surface area contributed by atoms with E-state index >= 15 is 0 Å². The molecule has 0 atom stereocenters. The second kappa shape index (κ2) is 4.11. The predicted molar refractivity (Wildman–Crippen MR) is 52.2 cm³/mol. The van der Waals surface area contributed by atoms with E-state index < -0.39 is 0 Å². The van der Waals surface area contributed by atoms with E-state index in [2.05, 4.69) is 15.2 Å². The minimum atomic E-state index is 0.205. The van der Waals surface area contributed by atoms with Crippen LogP contribution in [0.1, 0.15) is 5.82 Å². The van der Waals surface area contributed by atoms with Crippen molar-refractivity contribution < 1.29 is 4.74 Å². The first kappa shape index (κ1) is 9.02. The van der Waals surface area contributed by atoms with E-state index in [0.29, 0.717) is 12.4 Å². The summed E-state index contributed by atoms with van der Waals surface area (Å²) in [5.41, 5.74) is 0. The first-order chi connectivity index (χ1) is 6.84. The van der Waals surface area contributed by atoms with Crippen molar-refractivity contribution in [2.24, 2.45) is 0 Å². The van der Waals surface area contributed by atoms with Crippen molar-refractivity contribution in [2.75, 3.05) is 0 Å². The Morgan fingerprint density at radius 2 is 2.07 bits per heavy atom. The molecule has 1 N–H and O–H groups in total. The van der Waals surface area contributed by atoms with Gasteiger partial charge in [0.1, 0.15) is 12.4 Å². The maximum Gasteiger partial charge on any atom is 0.242 e. The van der Waals surface area contributed by atoms with Gasteiger partial charge in [0.15, 0.2) is 5.82 Å². The van der Waals surface area contributed by atoms with Gasteiger partial charge in [-0.3, -0.25) is 5.10 Å². The third-order valence-corrected chi connectivity index (χ3v) is 1.79. The fraction of sp³-hybridized carbons (Fsp3) is 0.111. The normalized spacial score (nSPS) is 10.1. The number of H-pyrrole nitrogens is 1. The summed E-state index contributed by atoms with van der Waals surface area (Å²) >= 11 is 5.53. The molecule has 0 bridgehead atoms. The number of nitrogens with zero attached hydrogens (tertiary/aromatic N) is 2. The van der Waals surface area contributed by atoms with Gasteiger partial charge in [0, 0.05) is 0 Å². The third-order valence-electron chi connectivity index (χ3n) is 1.62. The second-order valence-corrected chi connectivity index (χ2v) is 2.99. The molecule has 0 fully saturated rings. The molecule has 0 spiro atoms. The molecule has 0 aliphatic rings. The largest absolute Gasteiger partial charge is 0.486 e. The molecule has 5 heteroatoms. The zero-order valence-corrected chi connectivity index (χ0v) is 8.03. The fourth-order valence-electron chi connectivity index (χ4n) is 1.00. The van der Waals surface area contributed by atoms with Crippen LogP contribution in [-0.2, 0) is 6.61 Å². The summed E-state index contributed by atoms with van der Waals surface area (Å²) in [6, 6.07) is 9.49. The lowest BCUT2D eigenvalue weighted by Gasteiger charge is -2.01. The molecule has 0 amide bonds. The lowest BCUT2D eigenvalue weighted by Crippen LogP contribution is -1.97. The number of aromatic amines is 1. The number of para-hydroxylation sites is 1. The number of hydrogen-bond donors (Lipinski definition) is 1. The number of hydrogen-bond acceptors (Lipinski definition) is 3. The molecule has 0 saturated carbocycles.